The molecule has 1 unspecified atom stereocenters. The lowest BCUT2D eigenvalue weighted by Gasteiger charge is -2.09. The summed E-state index contributed by atoms with van der Waals surface area (Å²) >= 11 is 0. The maximum Gasteiger partial charge on any atom is 0.271 e. The molecule has 0 saturated carbocycles. The fourth-order valence-corrected chi connectivity index (χ4v) is 2.47. The van der Waals surface area contributed by atoms with E-state index < -0.39 is 0 Å². The van der Waals surface area contributed by atoms with Crippen molar-refractivity contribution in [3.8, 4) is 11.5 Å². The van der Waals surface area contributed by atoms with Crippen molar-refractivity contribution in [2.75, 3.05) is 20.3 Å². The molecular formula is C17H21N3O4. The van der Waals surface area contributed by atoms with E-state index in [0.717, 1.165) is 25.2 Å². The Morgan fingerprint density at radius 1 is 1.33 bits per heavy atom. The molecule has 1 N–H and O–H groups in total. The second-order valence-corrected chi connectivity index (χ2v) is 5.53. The zero-order chi connectivity index (χ0) is 16.8. The van der Waals surface area contributed by atoms with Crippen LogP contribution >= 0.6 is 0 Å². The Kier molecular flexibility index (Phi) is 5.32. The zero-order valence-corrected chi connectivity index (χ0v) is 13.6. The van der Waals surface area contributed by atoms with Crippen molar-refractivity contribution < 1.29 is 19.0 Å². The van der Waals surface area contributed by atoms with Crippen LogP contribution < -0.4 is 14.8 Å². The Labute approximate surface area is 140 Å². The summed E-state index contributed by atoms with van der Waals surface area (Å²) in [5.41, 5.74) is 0.367. The van der Waals surface area contributed by atoms with Crippen molar-refractivity contribution in [2.24, 2.45) is 0 Å². The molecule has 1 fully saturated rings. The predicted octanol–water partition coefficient (Wildman–Crippen LogP) is 1.84. The summed E-state index contributed by atoms with van der Waals surface area (Å²) in [6.07, 6.45) is 3.88. The van der Waals surface area contributed by atoms with Crippen molar-refractivity contribution in [1.29, 1.82) is 0 Å². The molecule has 24 heavy (non-hydrogen) atoms. The number of amides is 1. The van der Waals surface area contributed by atoms with Gasteiger partial charge in [0.1, 0.15) is 17.2 Å². The average molecular weight is 331 g/mol. The molecule has 0 radical (unpaired) electrons. The van der Waals surface area contributed by atoms with Gasteiger partial charge in [-0.15, -0.1) is 0 Å². The lowest BCUT2D eigenvalue weighted by atomic mass is 10.2. The maximum atomic E-state index is 12.1. The minimum absolute atomic E-state index is 0.120. The predicted molar refractivity (Wildman–Crippen MR) is 87.2 cm³/mol. The van der Waals surface area contributed by atoms with Gasteiger partial charge < -0.3 is 19.5 Å². The second kappa shape index (κ2) is 7.83. The minimum atomic E-state index is -0.200. The Morgan fingerprint density at radius 3 is 2.83 bits per heavy atom. The molecule has 1 atom stereocenters. The van der Waals surface area contributed by atoms with E-state index in [1.165, 1.54) is 0 Å². The third-order valence-corrected chi connectivity index (χ3v) is 3.81. The zero-order valence-electron chi connectivity index (χ0n) is 13.6. The van der Waals surface area contributed by atoms with E-state index in [0.29, 0.717) is 18.0 Å². The van der Waals surface area contributed by atoms with Crippen LogP contribution in [0.25, 0.3) is 0 Å². The topological polar surface area (TPSA) is 74.6 Å². The van der Waals surface area contributed by atoms with Crippen LogP contribution in [0.5, 0.6) is 11.5 Å². The summed E-state index contributed by atoms with van der Waals surface area (Å²) in [4.78, 5) is 12.1. The fourth-order valence-electron chi connectivity index (χ4n) is 2.47. The molecule has 2 heterocycles. The first-order valence-electron chi connectivity index (χ1n) is 7.95. The number of benzene rings is 1. The van der Waals surface area contributed by atoms with Crippen LogP contribution in [0.2, 0.25) is 0 Å². The van der Waals surface area contributed by atoms with E-state index in [1.807, 2.05) is 24.3 Å². The molecule has 7 nitrogen and oxygen atoms in total. The van der Waals surface area contributed by atoms with Crippen LogP contribution in [0.3, 0.4) is 0 Å². The first kappa shape index (κ1) is 16.3. The lowest BCUT2D eigenvalue weighted by molar-refractivity contribution is 0.0852. The van der Waals surface area contributed by atoms with Gasteiger partial charge in [0.25, 0.3) is 5.91 Å². The van der Waals surface area contributed by atoms with Gasteiger partial charge >= 0.3 is 0 Å². The summed E-state index contributed by atoms with van der Waals surface area (Å²) in [6.45, 7) is 1.53. The van der Waals surface area contributed by atoms with E-state index in [2.05, 4.69) is 10.4 Å². The first-order valence-corrected chi connectivity index (χ1v) is 7.95. The number of ether oxygens (including phenoxy) is 3. The summed E-state index contributed by atoms with van der Waals surface area (Å²) in [7, 11) is 1.62. The third kappa shape index (κ3) is 4.26. The monoisotopic (exact) mass is 331 g/mol. The van der Waals surface area contributed by atoms with Crippen molar-refractivity contribution >= 4 is 5.91 Å². The highest BCUT2D eigenvalue weighted by Crippen LogP contribution is 2.17. The molecule has 128 valence electrons. The van der Waals surface area contributed by atoms with Crippen LogP contribution in [-0.2, 0) is 11.5 Å². The Morgan fingerprint density at radius 2 is 2.12 bits per heavy atom. The molecule has 0 bridgehead atoms. The molecule has 1 aromatic heterocycles. The van der Waals surface area contributed by atoms with E-state index in [4.69, 9.17) is 14.2 Å². The third-order valence-electron chi connectivity index (χ3n) is 3.81. The molecular weight excluding hydrogens is 310 g/mol. The molecule has 0 spiro atoms. The highest BCUT2D eigenvalue weighted by atomic mass is 16.5. The van der Waals surface area contributed by atoms with E-state index in [1.54, 1.807) is 24.1 Å². The Bertz CT molecular complexity index is 663. The number of carbonyl (C=O) groups excluding carboxylic acids is 1. The van der Waals surface area contributed by atoms with Crippen LogP contribution in [0, 0.1) is 0 Å². The normalized spacial score (nSPS) is 16.8. The number of hydrogen-bond donors (Lipinski definition) is 1. The quantitative estimate of drug-likeness (QED) is 0.838. The lowest BCUT2D eigenvalue weighted by Crippen LogP contribution is -2.32. The molecule has 1 aliphatic rings. The minimum Gasteiger partial charge on any atom is -0.497 e. The van der Waals surface area contributed by atoms with Gasteiger partial charge in [0.05, 0.1) is 13.2 Å². The molecule has 2 aromatic rings. The van der Waals surface area contributed by atoms with Crippen molar-refractivity contribution in [3.05, 3.63) is 42.2 Å². The number of carbonyl (C=O) groups is 1. The van der Waals surface area contributed by atoms with E-state index in [-0.39, 0.29) is 18.7 Å². The molecule has 1 saturated heterocycles. The van der Waals surface area contributed by atoms with Crippen LogP contribution in [0.4, 0.5) is 0 Å². The van der Waals surface area contributed by atoms with Gasteiger partial charge in [-0.3, -0.25) is 4.79 Å². The van der Waals surface area contributed by atoms with E-state index >= 15 is 0 Å². The van der Waals surface area contributed by atoms with Crippen molar-refractivity contribution in [1.82, 2.24) is 15.1 Å². The number of rotatable bonds is 7. The number of methoxy groups -OCH3 is 1. The molecule has 1 aliphatic heterocycles. The summed E-state index contributed by atoms with van der Waals surface area (Å²) in [6, 6.07) is 8.95. The van der Waals surface area contributed by atoms with Gasteiger partial charge in [0.2, 0.25) is 0 Å². The number of aromatic nitrogens is 2. The summed E-state index contributed by atoms with van der Waals surface area (Å²) in [5, 5.41) is 7.06. The van der Waals surface area contributed by atoms with Crippen molar-refractivity contribution in [3.63, 3.8) is 0 Å². The molecule has 7 heteroatoms. The van der Waals surface area contributed by atoms with E-state index in [9.17, 15) is 4.79 Å². The van der Waals surface area contributed by atoms with Crippen LogP contribution in [0.15, 0.2) is 36.5 Å². The fraction of sp³-hybridized carbons (Fsp3) is 0.412. The van der Waals surface area contributed by atoms with Gasteiger partial charge in [-0.1, -0.05) is 0 Å². The molecule has 1 amide bonds. The number of nitrogens with one attached hydrogen (secondary N) is 1. The maximum absolute atomic E-state index is 12.1. The first-order chi connectivity index (χ1) is 11.7. The number of hydrogen-bond acceptors (Lipinski definition) is 5. The van der Waals surface area contributed by atoms with Crippen LogP contribution in [-0.4, -0.2) is 42.1 Å². The largest absolute Gasteiger partial charge is 0.497 e. The summed E-state index contributed by atoms with van der Waals surface area (Å²) in [5.74, 6) is 1.27. The van der Waals surface area contributed by atoms with Crippen LogP contribution in [0.1, 0.15) is 23.3 Å². The van der Waals surface area contributed by atoms with Gasteiger partial charge in [-0.25, -0.2) is 4.68 Å². The highest BCUT2D eigenvalue weighted by Gasteiger charge is 2.17. The molecule has 0 aliphatic carbocycles. The van der Waals surface area contributed by atoms with Gasteiger partial charge in [0, 0.05) is 19.3 Å². The second-order valence-electron chi connectivity index (χ2n) is 5.53. The molecule has 1 aromatic carbocycles. The Hall–Kier alpha value is -2.54. The molecule has 3 rings (SSSR count). The smallest absolute Gasteiger partial charge is 0.271 e. The summed E-state index contributed by atoms with van der Waals surface area (Å²) < 4.78 is 17.8. The highest BCUT2D eigenvalue weighted by molar-refractivity contribution is 5.92. The standard InChI is InChI=1S/C17H21N3O4/c1-22-13-4-6-14(7-5-13)24-12-20-9-8-16(19-20)17(21)18-11-15-3-2-10-23-15/h4-9,15H,2-3,10-12H2,1H3,(H,18,21). The Balaban J connectivity index is 1.48. The van der Waals surface area contributed by atoms with Gasteiger partial charge in [-0.2, -0.15) is 5.10 Å². The average Bonchev–Trinajstić information content (AvgIpc) is 3.30. The van der Waals surface area contributed by atoms with Gasteiger partial charge in [0.15, 0.2) is 6.73 Å². The van der Waals surface area contributed by atoms with Gasteiger partial charge in [-0.05, 0) is 43.2 Å². The SMILES string of the molecule is COc1ccc(OCn2ccc(C(=O)NCC3CCCO3)n2)cc1. The number of nitrogens with zero attached hydrogens (tertiary/aromatic N) is 2. The van der Waals surface area contributed by atoms with Crippen molar-refractivity contribution in [2.45, 2.75) is 25.7 Å².